The molecule has 3 aromatic carbocycles. The van der Waals surface area contributed by atoms with Gasteiger partial charge >= 0.3 is 5.97 Å². The third kappa shape index (κ3) is 7.48. The standard InChI is InChI=1S/C31H25NO6/c33-28(17-16-27-7-4-20-37-27)24-12-14-26(15-13-24)32-30(35)18-19-31(36)38-21-29(34)25-10-8-23(9-11-25)22-5-2-1-3-6-22/h1-17,20H,18-19,21H2,(H,32,35)/b17-16+. The molecule has 0 unspecified atom stereocenters. The zero-order valence-electron chi connectivity index (χ0n) is 20.5. The molecule has 0 atom stereocenters. The number of esters is 1. The number of hydrogen-bond acceptors (Lipinski definition) is 6. The lowest BCUT2D eigenvalue weighted by Gasteiger charge is -2.07. The minimum Gasteiger partial charge on any atom is -0.465 e. The second-order valence-electron chi connectivity index (χ2n) is 8.37. The van der Waals surface area contributed by atoms with E-state index in [1.165, 1.54) is 12.3 Å². The Balaban J connectivity index is 1.18. The minimum atomic E-state index is -0.640. The maximum Gasteiger partial charge on any atom is 0.306 e. The summed E-state index contributed by atoms with van der Waals surface area (Å²) >= 11 is 0. The van der Waals surface area contributed by atoms with Gasteiger partial charge in [-0.2, -0.15) is 0 Å². The van der Waals surface area contributed by atoms with E-state index < -0.39 is 12.6 Å². The van der Waals surface area contributed by atoms with Gasteiger partial charge in [0.25, 0.3) is 0 Å². The van der Waals surface area contributed by atoms with E-state index in [0.29, 0.717) is 22.6 Å². The lowest BCUT2D eigenvalue weighted by Crippen LogP contribution is -2.17. The molecule has 0 radical (unpaired) electrons. The molecule has 0 saturated heterocycles. The Morgan fingerprint density at radius 1 is 0.737 bits per heavy atom. The summed E-state index contributed by atoms with van der Waals surface area (Å²) in [5.41, 5.74) is 3.40. The van der Waals surface area contributed by atoms with Crippen LogP contribution < -0.4 is 5.32 Å². The summed E-state index contributed by atoms with van der Waals surface area (Å²) in [6.07, 6.45) is 4.23. The maximum absolute atomic E-state index is 12.4. The van der Waals surface area contributed by atoms with Crippen molar-refractivity contribution in [1.29, 1.82) is 0 Å². The van der Waals surface area contributed by atoms with Gasteiger partial charge in [0.2, 0.25) is 5.91 Å². The molecule has 1 heterocycles. The molecule has 0 spiro atoms. The van der Waals surface area contributed by atoms with Gasteiger partial charge in [0, 0.05) is 23.2 Å². The van der Waals surface area contributed by atoms with E-state index >= 15 is 0 Å². The fourth-order valence-corrected chi connectivity index (χ4v) is 3.58. The van der Waals surface area contributed by atoms with E-state index in [2.05, 4.69) is 5.32 Å². The highest BCUT2D eigenvalue weighted by atomic mass is 16.5. The molecule has 0 aliphatic carbocycles. The van der Waals surface area contributed by atoms with Crippen molar-refractivity contribution in [1.82, 2.24) is 0 Å². The highest BCUT2D eigenvalue weighted by Gasteiger charge is 2.13. The number of benzene rings is 3. The summed E-state index contributed by atoms with van der Waals surface area (Å²) < 4.78 is 10.2. The van der Waals surface area contributed by atoms with Crippen LogP contribution >= 0.6 is 0 Å². The summed E-state index contributed by atoms with van der Waals surface area (Å²) in [7, 11) is 0. The Kier molecular flexibility index (Phi) is 8.76. The predicted molar refractivity (Wildman–Crippen MR) is 144 cm³/mol. The molecule has 7 nitrogen and oxygen atoms in total. The van der Waals surface area contributed by atoms with Crippen molar-refractivity contribution >= 4 is 35.2 Å². The first-order valence-corrected chi connectivity index (χ1v) is 12.0. The van der Waals surface area contributed by atoms with E-state index in [-0.39, 0.29) is 30.3 Å². The number of carbonyl (C=O) groups excluding carboxylic acids is 4. The van der Waals surface area contributed by atoms with Gasteiger partial charge in [0.15, 0.2) is 18.2 Å². The van der Waals surface area contributed by atoms with Crippen molar-refractivity contribution in [3.8, 4) is 11.1 Å². The third-order valence-corrected chi connectivity index (χ3v) is 5.63. The molecule has 1 aromatic heterocycles. The first-order valence-electron chi connectivity index (χ1n) is 12.0. The van der Waals surface area contributed by atoms with Gasteiger partial charge in [0.1, 0.15) is 5.76 Å². The molecule has 7 heteroatoms. The van der Waals surface area contributed by atoms with Gasteiger partial charge in [-0.05, 0) is 59.7 Å². The molecular weight excluding hydrogens is 482 g/mol. The van der Waals surface area contributed by atoms with Gasteiger partial charge in [0.05, 0.1) is 12.7 Å². The number of anilines is 1. The van der Waals surface area contributed by atoms with Crippen LogP contribution in [0.2, 0.25) is 0 Å². The van der Waals surface area contributed by atoms with Crippen LogP contribution in [0.25, 0.3) is 17.2 Å². The quantitative estimate of drug-likeness (QED) is 0.152. The number of furan rings is 1. The first kappa shape index (κ1) is 26.0. The largest absolute Gasteiger partial charge is 0.465 e. The number of rotatable bonds is 11. The highest BCUT2D eigenvalue weighted by molar-refractivity contribution is 6.07. The van der Waals surface area contributed by atoms with Crippen molar-refractivity contribution in [2.75, 3.05) is 11.9 Å². The topological polar surface area (TPSA) is 103 Å². The van der Waals surface area contributed by atoms with Crippen LogP contribution in [0.4, 0.5) is 5.69 Å². The van der Waals surface area contributed by atoms with Crippen molar-refractivity contribution < 1.29 is 28.3 Å². The van der Waals surface area contributed by atoms with E-state index in [1.807, 2.05) is 42.5 Å². The Labute approximate surface area is 219 Å². The number of amides is 1. The number of ketones is 2. The molecule has 4 aromatic rings. The lowest BCUT2D eigenvalue weighted by molar-refractivity contribution is -0.143. The zero-order chi connectivity index (χ0) is 26.7. The molecular formula is C31H25NO6. The van der Waals surface area contributed by atoms with Crippen LogP contribution in [-0.4, -0.2) is 30.0 Å². The highest BCUT2D eigenvalue weighted by Crippen LogP contribution is 2.19. The van der Waals surface area contributed by atoms with Gasteiger partial charge < -0.3 is 14.5 Å². The normalized spacial score (nSPS) is 10.7. The molecule has 0 saturated carbocycles. The Bertz CT molecular complexity index is 1420. The van der Waals surface area contributed by atoms with E-state index in [4.69, 9.17) is 9.15 Å². The maximum atomic E-state index is 12.4. The summed E-state index contributed by atoms with van der Waals surface area (Å²) in [6, 6.07) is 26.7. The smallest absolute Gasteiger partial charge is 0.306 e. The molecule has 1 N–H and O–H groups in total. The fraction of sp³-hybridized carbons (Fsp3) is 0.0968. The van der Waals surface area contributed by atoms with Crippen LogP contribution in [0.3, 0.4) is 0 Å². The molecule has 1 amide bonds. The average Bonchev–Trinajstić information content (AvgIpc) is 3.48. The number of allylic oxidation sites excluding steroid dienone is 1. The summed E-state index contributed by atoms with van der Waals surface area (Å²) in [4.78, 5) is 48.8. The summed E-state index contributed by atoms with van der Waals surface area (Å²) in [5.74, 6) is -0.984. The molecule has 0 aliphatic heterocycles. The fourth-order valence-electron chi connectivity index (χ4n) is 3.58. The van der Waals surface area contributed by atoms with Gasteiger partial charge in [-0.25, -0.2) is 0 Å². The van der Waals surface area contributed by atoms with E-state index in [0.717, 1.165) is 11.1 Å². The predicted octanol–water partition coefficient (Wildman–Crippen LogP) is 5.99. The molecule has 190 valence electrons. The third-order valence-electron chi connectivity index (χ3n) is 5.63. The van der Waals surface area contributed by atoms with E-state index in [9.17, 15) is 19.2 Å². The van der Waals surface area contributed by atoms with Crippen LogP contribution in [0.1, 0.15) is 39.3 Å². The molecule has 0 fully saturated rings. The number of hydrogen-bond donors (Lipinski definition) is 1. The lowest BCUT2D eigenvalue weighted by atomic mass is 10.0. The number of Topliss-reactive ketones (excluding diaryl/α,β-unsaturated/α-hetero) is 1. The Morgan fingerprint density at radius 2 is 1.42 bits per heavy atom. The van der Waals surface area contributed by atoms with Crippen LogP contribution in [0, 0.1) is 0 Å². The van der Waals surface area contributed by atoms with Gasteiger partial charge in [-0.3, -0.25) is 19.2 Å². The van der Waals surface area contributed by atoms with Crippen LogP contribution in [0.15, 0.2) is 108 Å². The Morgan fingerprint density at radius 3 is 2.11 bits per heavy atom. The van der Waals surface area contributed by atoms with Crippen molar-refractivity contribution in [2.45, 2.75) is 12.8 Å². The van der Waals surface area contributed by atoms with Crippen molar-refractivity contribution in [2.24, 2.45) is 0 Å². The first-order chi connectivity index (χ1) is 18.5. The zero-order valence-corrected chi connectivity index (χ0v) is 20.5. The Hall–Kier alpha value is -5.04. The van der Waals surface area contributed by atoms with Gasteiger partial charge in [-0.15, -0.1) is 0 Å². The van der Waals surface area contributed by atoms with Crippen LogP contribution in [0.5, 0.6) is 0 Å². The van der Waals surface area contributed by atoms with Crippen molar-refractivity contribution in [3.63, 3.8) is 0 Å². The van der Waals surface area contributed by atoms with Crippen molar-refractivity contribution in [3.05, 3.63) is 120 Å². The SMILES string of the molecule is O=C(CCC(=O)OCC(=O)c1ccc(-c2ccccc2)cc1)Nc1ccc(C(=O)/C=C/c2ccco2)cc1. The second-order valence-corrected chi connectivity index (χ2v) is 8.37. The van der Waals surface area contributed by atoms with Gasteiger partial charge in [-0.1, -0.05) is 54.6 Å². The van der Waals surface area contributed by atoms with Crippen LogP contribution in [-0.2, 0) is 14.3 Å². The second kappa shape index (κ2) is 12.8. The number of ether oxygens (including phenoxy) is 1. The molecule has 0 bridgehead atoms. The van der Waals surface area contributed by atoms with E-state index in [1.54, 1.807) is 54.6 Å². The molecule has 38 heavy (non-hydrogen) atoms. The molecule has 0 aliphatic rings. The summed E-state index contributed by atoms with van der Waals surface area (Å²) in [5, 5.41) is 2.67. The number of carbonyl (C=O) groups is 4. The monoisotopic (exact) mass is 507 g/mol. The number of nitrogens with one attached hydrogen (secondary N) is 1. The average molecular weight is 508 g/mol. The summed E-state index contributed by atoms with van der Waals surface area (Å²) in [6.45, 7) is -0.394. The molecule has 4 rings (SSSR count). The minimum absolute atomic E-state index is 0.106.